The van der Waals surface area contributed by atoms with E-state index in [1.54, 1.807) is 6.26 Å². The first kappa shape index (κ1) is 22.7. The number of pyridine rings is 1. The number of carboxylic acid groups (broad SMARTS) is 1. The van der Waals surface area contributed by atoms with E-state index in [1.165, 1.54) is 11.3 Å². The third-order valence-corrected chi connectivity index (χ3v) is 7.71. The number of likely N-dealkylation sites (N-methyl/N-ethyl adjacent to an activating group) is 1. The molecule has 2 aliphatic rings. The van der Waals surface area contributed by atoms with Crippen molar-refractivity contribution >= 4 is 34.4 Å². The lowest BCUT2D eigenvalue weighted by molar-refractivity contribution is -0.150. The van der Waals surface area contributed by atoms with Gasteiger partial charge < -0.3 is 19.7 Å². The number of rotatable bonds is 5. The maximum absolute atomic E-state index is 11.5. The van der Waals surface area contributed by atoms with E-state index >= 15 is 0 Å². The van der Waals surface area contributed by atoms with Gasteiger partial charge in [-0.2, -0.15) is 4.98 Å². The topological polar surface area (TPSA) is 91.3 Å². The molecule has 0 atom stereocenters. The van der Waals surface area contributed by atoms with E-state index in [0.717, 1.165) is 55.3 Å². The molecule has 1 aliphatic heterocycles. The first-order valence-electron chi connectivity index (χ1n) is 11.7. The lowest BCUT2D eigenvalue weighted by Crippen LogP contribution is -2.34. The SMILES string of the molecule is CN1CCc2cc(-c3nc4nc(OC=C5CCC(C(C)(C)C(=O)O)CC5)[nH]c4cc3Cl)ccc21. The van der Waals surface area contributed by atoms with Crippen LogP contribution in [0.5, 0.6) is 6.01 Å². The van der Waals surface area contributed by atoms with Gasteiger partial charge in [-0.15, -0.1) is 0 Å². The quantitative estimate of drug-likeness (QED) is 0.446. The Labute approximate surface area is 203 Å². The number of carboxylic acids is 1. The number of carbonyl (C=O) groups is 1. The first-order valence-corrected chi connectivity index (χ1v) is 12.1. The summed E-state index contributed by atoms with van der Waals surface area (Å²) in [5.74, 6) is -0.570. The van der Waals surface area contributed by atoms with Crippen molar-refractivity contribution in [1.29, 1.82) is 0 Å². The van der Waals surface area contributed by atoms with Gasteiger partial charge in [-0.25, -0.2) is 4.98 Å². The number of imidazole rings is 1. The summed E-state index contributed by atoms with van der Waals surface area (Å²) in [5.41, 5.74) is 5.97. The summed E-state index contributed by atoms with van der Waals surface area (Å²) >= 11 is 6.58. The Bertz CT molecular complexity index is 1290. The summed E-state index contributed by atoms with van der Waals surface area (Å²) in [6.07, 6.45) is 6.08. The van der Waals surface area contributed by atoms with Gasteiger partial charge in [0.15, 0.2) is 5.65 Å². The molecule has 3 heterocycles. The van der Waals surface area contributed by atoms with Crippen LogP contribution in [0, 0.1) is 11.3 Å². The Morgan fingerprint density at radius 2 is 2.00 bits per heavy atom. The summed E-state index contributed by atoms with van der Waals surface area (Å²) < 4.78 is 5.82. The van der Waals surface area contributed by atoms with Gasteiger partial charge in [-0.3, -0.25) is 4.79 Å². The summed E-state index contributed by atoms with van der Waals surface area (Å²) in [5, 5.41) is 10.0. The molecular weight excluding hydrogens is 452 g/mol. The van der Waals surface area contributed by atoms with Crippen LogP contribution >= 0.6 is 11.6 Å². The number of hydrogen-bond acceptors (Lipinski definition) is 5. The number of allylic oxidation sites excluding steroid dienone is 1. The van der Waals surface area contributed by atoms with Crippen molar-refractivity contribution in [1.82, 2.24) is 15.0 Å². The molecule has 1 aliphatic carbocycles. The molecule has 3 aromatic rings. The third-order valence-electron chi connectivity index (χ3n) is 7.42. The zero-order valence-electron chi connectivity index (χ0n) is 19.7. The Morgan fingerprint density at radius 3 is 2.74 bits per heavy atom. The minimum Gasteiger partial charge on any atom is -0.481 e. The fraction of sp³-hybridized carbons (Fsp3) is 0.423. The van der Waals surface area contributed by atoms with Crippen LogP contribution in [0.1, 0.15) is 45.1 Å². The molecule has 0 spiro atoms. The number of hydrogen-bond donors (Lipinski definition) is 2. The van der Waals surface area contributed by atoms with Crippen molar-refractivity contribution < 1.29 is 14.6 Å². The monoisotopic (exact) mass is 480 g/mol. The highest BCUT2D eigenvalue weighted by Gasteiger charge is 2.37. The molecule has 0 saturated heterocycles. The molecule has 0 radical (unpaired) electrons. The lowest BCUT2D eigenvalue weighted by Gasteiger charge is -2.34. The molecular formula is C26H29ClN4O3. The summed E-state index contributed by atoms with van der Waals surface area (Å²) in [6, 6.07) is 8.54. The normalized spacial score (nSPS) is 18.3. The number of H-pyrrole nitrogens is 1. The minimum atomic E-state index is -0.735. The van der Waals surface area contributed by atoms with Gasteiger partial charge in [0, 0.05) is 24.8 Å². The van der Waals surface area contributed by atoms with Crippen LogP contribution < -0.4 is 9.64 Å². The van der Waals surface area contributed by atoms with Crippen LogP contribution in [-0.4, -0.2) is 39.6 Å². The van der Waals surface area contributed by atoms with E-state index in [4.69, 9.17) is 21.3 Å². The second-order valence-electron chi connectivity index (χ2n) is 9.94. The number of halogens is 1. The molecule has 0 amide bonds. The zero-order valence-corrected chi connectivity index (χ0v) is 20.4. The smallest absolute Gasteiger partial charge is 0.309 e. The highest BCUT2D eigenvalue weighted by atomic mass is 35.5. The van der Waals surface area contributed by atoms with Gasteiger partial charge in [0.25, 0.3) is 0 Å². The molecule has 0 unspecified atom stereocenters. The van der Waals surface area contributed by atoms with Crippen molar-refractivity contribution in [2.75, 3.05) is 18.5 Å². The second-order valence-corrected chi connectivity index (χ2v) is 10.3. The van der Waals surface area contributed by atoms with E-state index in [2.05, 4.69) is 40.1 Å². The predicted octanol–water partition coefficient (Wildman–Crippen LogP) is 5.83. The summed E-state index contributed by atoms with van der Waals surface area (Å²) in [6.45, 7) is 4.65. The number of aliphatic carboxylic acids is 1. The number of aromatic amines is 1. The zero-order chi connectivity index (χ0) is 24.0. The lowest BCUT2D eigenvalue weighted by atomic mass is 9.70. The maximum Gasteiger partial charge on any atom is 0.309 e. The van der Waals surface area contributed by atoms with Crippen LogP contribution in [0.25, 0.3) is 22.4 Å². The first-order chi connectivity index (χ1) is 16.2. The number of nitrogens with zero attached hydrogens (tertiary/aromatic N) is 3. The number of fused-ring (bicyclic) bond motifs is 2. The van der Waals surface area contributed by atoms with Crippen molar-refractivity contribution in [3.63, 3.8) is 0 Å². The van der Waals surface area contributed by atoms with E-state index in [0.29, 0.717) is 22.4 Å². The second kappa shape index (κ2) is 8.62. The molecule has 7 nitrogen and oxygen atoms in total. The molecule has 178 valence electrons. The summed E-state index contributed by atoms with van der Waals surface area (Å²) in [7, 11) is 2.10. The third kappa shape index (κ3) is 4.13. The molecule has 2 aromatic heterocycles. The van der Waals surface area contributed by atoms with E-state index < -0.39 is 11.4 Å². The Balaban J connectivity index is 1.31. The highest BCUT2D eigenvalue weighted by Crippen LogP contribution is 2.40. The van der Waals surface area contributed by atoms with Crippen LogP contribution in [0.15, 0.2) is 36.1 Å². The van der Waals surface area contributed by atoms with Gasteiger partial charge in [0.1, 0.15) is 0 Å². The molecule has 2 N–H and O–H groups in total. The number of nitrogens with one attached hydrogen (secondary N) is 1. The Morgan fingerprint density at radius 1 is 1.24 bits per heavy atom. The largest absolute Gasteiger partial charge is 0.481 e. The van der Waals surface area contributed by atoms with Crippen LogP contribution in [0.2, 0.25) is 5.02 Å². The van der Waals surface area contributed by atoms with Gasteiger partial charge in [-0.05, 0) is 81.2 Å². The minimum absolute atomic E-state index is 0.165. The Hall–Kier alpha value is -3.06. The number of benzene rings is 1. The fourth-order valence-corrected chi connectivity index (χ4v) is 5.27. The van der Waals surface area contributed by atoms with Crippen molar-refractivity contribution in [2.45, 2.75) is 46.0 Å². The molecule has 5 rings (SSSR count). The standard InChI is InChI=1S/C26H29ClN4O3/c1-26(2,24(32)33)18-7-4-15(5-8-18)14-34-25-28-20-13-19(27)22(29-23(20)30-25)17-6-9-21-16(12-17)10-11-31(21)3/h6,9,12-14,18H,4-5,7-8,10-11H2,1-3H3,(H,32,33)(H,28,29,30). The average molecular weight is 481 g/mol. The van der Waals surface area contributed by atoms with Gasteiger partial charge in [-0.1, -0.05) is 17.7 Å². The summed E-state index contributed by atoms with van der Waals surface area (Å²) in [4.78, 5) is 26.1. The molecule has 0 bridgehead atoms. The van der Waals surface area contributed by atoms with Gasteiger partial charge in [0.2, 0.25) is 0 Å². The fourth-order valence-electron chi connectivity index (χ4n) is 5.01. The van der Waals surface area contributed by atoms with Crippen molar-refractivity contribution in [3.05, 3.63) is 46.7 Å². The Kier molecular flexibility index (Phi) is 5.76. The predicted molar refractivity (Wildman–Crippen MR) is 133 cm³/mol. The average Bonchev–Trinajstić information content (AvgIpc) is 3.39. The van der Waals surface area contributed by atoms with Crippen molar-refractivity contribution in [3.8, 4) is 17.3 Å². The highest BCUT2D eigenvalue weighted by molar-refractivity contribution is 6.33. The van der Waals surface area contributed by atoms with Gasteiger partial charge in [0.05, 0.1) is 27.9 Å². The van der Waals surface area contributed by atoms with Crippen LogP contribution in [0.4, 0.5) is 5.69 Å². The molecule has 8 heteroatoms. The number of aromatic nitrogens is 3. The maximum atomic E-state index is 11.5. The molecule has 1 fully saturated rings. The molecule has 1 aromatic carbocycles. The van der Waals surface area contributed by atoms with Crippen LogP contribution in [-0.2, 0) is 11.2 Å². The molecule has 1 saturated carbocycles. The van der Waals surface area contributed by atoms with E-state index in [-0.39, 0.29) is 5.92 Å². The van der Waals surface area contributed by atoms with Crippen molar-refractivity contribution in [2.24, 2.45) is 11.3 Å². The number of ether oxygens (including phenoxy) is 1. The number of anilines is 1. The van der Waals surface area contributed by atoms with Gasteiger partial charge >= 0.3 is 12.0 Å². The van der Waals surface area contributed by atoms with Crippen LogP contribution in [0.3, 0.4) is 0 Å². The molecule has 34 heavy (non-hydrogen) atoms. The van der Waals surface area contributed by atoms with E-state index in [1.807, 2.05) is 19.9 Å². The van der Waals surface area contributed by atoms with E-state index in [9.17, 15) is 9.90 Å².